The number of hydrogen-bond acceptors (Lipinski definition) is 4. The van der Waals surface area contributed by atoms with Crippen molar-refractivity contribution in [2.24, 2.45) is 0 Å². The number of para-hydroxylation sites is 1. The average Bonchev–Trinajstić information content (AvgIpc) is 3.21. The van der Waals surface area contributed by atoms with Gasteiger partial charge in [-0.15, -0.1) is 11.3 Å². The molecular formula is C16H17N3O2S. The zero-order valence-electron chi connectivity index (χ0n) is 12.0. The molecule has 3 N–H and O–H groups in total. The third kappa shape index (κ3) is 3.35. The number of thiophene rings is 1. The standard InChI is InChI=1S/C16H17N3O2S/c20-15(18-11-7-8-17-10-11)12-4-1-2-5-13(12)19-16(21)14-6-3-9-22-14/h1-6,9,11,17H,7-8,10H2,(H,18,20)(H,19,21). The molecule has 2 heterocycles. The molecule has 1 aromatic carbocycles. The van der Waals surface area contributed by atoms with Crippen molar-refractivity contribution in [3.05, 3.63) is 52.2 Å². The molecule has 0 spiro atoms. The Morgan fingerprint density at radius 3 is 2.73 bits per heavy atom. The fourth-order valence-corrected chi connectivity index (χ4v) is 3.04. The van der Waals surface area contributed by atoms with E-state index in [1.165, 1.54) is 11.3 Å². The number of hydrogen-bond donors (Lipinski definition) is 3. The minimum atomic E-state index is -0.196. The normalized spacial score (nSPS) is 17.2. The molecule has 1 fully saturated rings. The molecule has 0 radical (unpaired) electrons. The first-order valence-electron chi connectivity index (χ1n) is 7.19. The first kappa shape index (κ1) is 14.7. The van der Waals surface area contributed by atoms with Crippen molar-refractivity contribution < 1.29 is 9.59 Å². The molecule has 114 valence electrons. The molecule has 1 saturated heterocycles. The van der Waals surface area contributed by atoms with Gasteiger partial charge in [0, 0.05) is 12.6 Å². The van der Waals surface area contributed by atoms with Gasteiger partial charge in [-0.1, -0.05) is 18.2 Å². The van der Waals surface area contributed by atoms with Crippen molar-refractivity contribution in [3.63, 3.8) is 0 Å². The Morgan fingerprint density at radius 1 is 1.14 bits per heavy atom. The number of amides is 2. The highest BCUT2D eigenvalue weighted by molar-refractivity contribution is 7.12. The summed E-state index contributed by atoms with van der Waals surface area (Å²) in [6.07, 6.45) is 0.926. The summed E-state index contributed by atoms with van der Waals surface area (Å²) < 4.78 is 0. The quantitative estimate of drug-likeness (QED) is 0.809. The molecule has 22 heavy (non-hydrogen) atoms. The topological polar surface area (TPSA) is 70.2 Å². The second-order valence-electron chi connectivity index (χ2n) is 5.14. The summed E-state index contributed by atoms with van der Waals surface area (Å²) >= 11 is 1.37. The molecule has 5 nitrogen and oxygen atoms in total. The molecule has 1 atom stereocenters. The summed E-state index contributed by atoms with van der Waals surface area (Å²) in [4.78, 5) is 25.2. The third-order valence-electron chi connectivity index (χ3n) is 3.56. The van der Waals surface area contributed by atoms with Crippen LogP contribution in [0, 0.1) is 0 Å². The third-order valence-corrected chi connectivity index (χ3v) is 4.43. The van der Waals surface area contributed by atoms with Gasteiger partial charge in [0.1, 0.15) is 0 Å². The van der Waals surface area contributed by atoms with E-state index in [1.807, 2.05) is 11.4 Å². The van der Waals surface area contributed by atoms with Gasteiger partial charge < -0.3 is 16.0 Å². The van der Waals surface area contributed by atoms with Crippen LogP contribution in [0.1, 0.15) is 26.5 Å². The largest absolute Gasteiger partial charge is 0.348 e. The van der Waals surface area contributed by atoms with Gasteiger partial charge in [-0.3, -0.25) is 9.59 Å². The number of anilines is 1. The number of rotatable bonds is 4. The monoisotopic (exact) mass is 315 g/mol. The smallest absolute Gasteiger partial charge is 0.265 e. The van der Waals surface area contributed by atoms with E-state index in [2.05, 4.69) is 16.0 Å². The van der Waals surface area contributed by atoms with Crippen LogP contribution in [0.15, 0.2) is 41.8 Å². The molecule has 2 aromatic rings. The molecule has 0 bridgehead atoms. The highest BCUT2D eigenvalue weighted by Crippen LogP contribution is 2.18. The van der Waals surface area contributed by atoms with Crippen LogP contribution in [0.2, 0.25) is 0 Å². The average molecular weight is 315 g/mol. The minimum Gasteiger partial charge on any atom is -0.348 e. The van der Waals surface area contributed by atoms with Crippen LogP contribution in [0.25, 0.3) is 0 Å². The van der Waals surface area contributed by atoms with Crippen LogP contribution in [-0.2, 0) is 0 Å². The predicted molar refractivity (Wildman–Crippen MR) is 87.5 cm³/mol. The Labute approximate surface area is 132 Å². The Morgan fingerprint density at radius 2 is 2.00 bits per heavy atom. The van der Waals surface area contributed by atoms with Crippen LogP contribution >= 0.6 is 11.3 Å². The van der Waals surface area contributed by atoms with Crippen molar-refractivity contribution in [2.45, 2.75) is 12.5 Å². The van der Waals surface area contributed by atoms with Gasteiger partial charge in [-0.05, 0) is 36.5 Å². The van der Waals surface area contributed by atoms with Gasteiger partial charge in [0.05, 0.1) is 16.1 Å². The van der Waals surface area contributed by atoms with Crippen LogP contribution in [0.5, 0.6) is 0 Å². The molecule has 1 unspecified atom stereocenters. The van der Waals surface area contributed by atoms with E-state index in [-0.39, 0.29) is 17.9 Å². The number of carbonyl (C=O) groups excluding carboxylic acids is 2. The highest BCUT2D eigenvalue weighted by Gasteiger charge is 2.20. The lowest BCUT2D eigenvalue weighted by Crippen LogP contribution is -2.36. The van der Waals surface area contributed by atoms with Crippen LogP contribution < -0.4 is 16.0 Å². The summed E-state index contributed by atoms with van der Waals surface area (Å²) in [5.41, 5.74) is 1.02. The number of benzene rings is 1. The summed E-state index contributed by atoms with van der Waals surface area (Å²) in [7, 11) is 0. The summed E-state index contributed by atoms with van der Waals surface area (Å²) in [6.45, 7) is 1.71. The van der Waals surface area contributed by atoms with Crippen molar-refractivity contribution >= 4 is 28.8 Å². The Kier molecular flexibility index (Phi) is 4.50. The van der Waals surface area contributed by atoms with E-state index in [1.54, 1.807) is 30.3 Å². The van der Waals surface area contributed by atoms with E-state index in [4.69, 9.17) is 0 Å². The maximum absolute atomic E-state index is 12.4. The van der Waals surface area contributed by atoms with Crippen molar-refractivity contribution in [1.29, 1.82) is 0 Å². The van der Waals surface area contributed by atoms with Crippen LogP contribution in [0.4, 0.5) is 5.69 Å². The molecule has 1 aliphatic heterocycles. The van der Waals surface area contributed by atoms with Crippen molar-refractivity contribution in [2.75, 3.05) is 18.4 Å². The molecular weight excluding hydrogens is 298 g/mol. The summed E-state index contributed by atoms with van der Waals surface area (Å²) in [6, 6.07) is 10.8. The molecule has 0 aliphatic carbocycles. The predicted octanol–water partition coefficient (Wildman–Crippen LogP) is 2.09. The SMILES string of the molecule is O=C(Nc1ccccc1C(=O)NC1CCNC1)c1cccs1. The highest BCUT2D eigenvalue weighted by atomic mass is 32.1. The molecule has 1 aromatic heterocycles. The number of nitrogens with one attached hydrogen (secondary N) is 3. The van der Waals surface area contributed by atoms with Crippen molar-refractivity contribution in [1.82, 2.24) is 10.6 Å². The lowest BCUT2D eigenvalue weighted by atomic mass is 10.1. The molecule has 6 heteroatoms. The maximum atomic E-state index is 12.4. The van der Waals surface area contributed by atoms with Gasteiger partial charge in [-0.2, -0.15) is 0 Å². The molecule has 3 rings (SSSR count). The van der Waals surface area contributed by atoms with E-state index < -0.39 is 0 Å². The zero-order chi connectivity index (χ0) is 15.4. The Hall–Kier alpha value is -2.18. The first-order chi connectivity index (χ1) is 10.7. The fourth-order valence-electron chi connectivity index (χ4n) is 2.42. The van der Waals surface area contributed by atoms with Gasteiger partial charge in [-0.25, -0.2) is 0 Å². The minimum absolute atomic E-state index is 0.147. The van der Waals surface area contributed by atoms with E-state index >= 15 is 0 Å². The maximum Gasteiger partial charge on any atom is 0.265 e. The van der Waals surface area contributed by atoms with Gasteiger partial charge in [0.2, 0.25) is 0 Å². The Balaban J connectivity index is 1.74. The molecule has 2 amide bonds. The van der Waals surface area contributed by atoms with Crippen LogP contribution in [0.3, 0.4) is 0 Å². The lowest BCUT2D eigenvalue weighted by molar-refractivity contribution is 0.0941. The summed E-state index contributed by atoms with van der Waals surface area (Å²) in [5.74, 6) is -0.353. The fraction of sp³-hybridized carbons (Fsp3) is 0.250. The first-order valence-corrected chi connectivity index (χ1v) is 8.07. The van der Waals surface area contributed by atoms with Gasteiger partial charge in [0.25, 0.3) is 11.8 Å². The van der Waals surface area contributed by atoms with E-state index in [0.717, 1.165) is 19.5 Å². The van der Waals surface area contributed by atoms with Crippen LogP contribution in [-0.4, -0.2) is 30.9 Å². The van der Waals surface area contributed by atoms with Gasteiger partial charge >= 0.3 is 0 Å². The zero-order valence-corrected chi connectivity index (χ0v) is 12.8. The second-order valence-corrected chi connectivity index (χ2v) is 6.09. The molecule has 1 aliphatic rings. The van der Waals surface area contributed by atoms with E-state index in [9.17, 15) is 9.59 Å². The van der Waals surface area contributed by atoms with Gasteiger partial charge in [0.15, 0.2) is 0 Å². The number of carbonyl (C=O) groups is 2. The van der Waals surface area contributed by atoms with Crippen molar-refractivity contribution in [3.8, 4) is 0 Å². The lowest BCUT2D eigenvalue weighted by Gasteiger charge is -2.14. The summed E-state index contributed by atoms with van der Waals surface area (Å²) in [5, 5.41) is 10.9. The second kappa shape index (κ2) is 6.72. The molecule has 0 saturated carbocycles. The van der Waals surface area contributed by atoms with E-state index in [0.29, 0.717) is 16.1 Å². The Bertz CT molecular complexity index is 664.